The van der Waals surface area contributed by atoms with Crippen LogP contribution in [0.4, 0.5) is 14.5 Å². The summed E-state index contributed by atoms with van der Waals surface area (Å²) < 4.78 is 26.7. The lowest BCUT2D eigenvalue weighted by Gasteiger charge is -2.11. The summed E-state index contributed by atoms with van der Waals surface area (Å²) >= 11 is 3.09. The van der Waals surface area contributed by atoms with Crippen molar-refractivity contribution in [3.8, 4) is 0 Å². The number of nitrogens with one attached hydrogen (secondary N) is 1. The Morgan fingerprint density at radius 3 is 2.67 bits per heavy atom. The molecule has 0 fully saturated rings. The average molecular weight is 356 g/mol. The van der Waals surface area contributed by atoms with Gasteiger partial charge in [0, 0.05) is 17.8 Å². The van der Waals surface area contributed by atoms with E-state index in [1.807, 2.05) is 0 Å². The van der Waals surface area contributed by atoms with Crippen LogP contribution in [-0.2, 0) is 6.54 Å². The molecule has 0 spiro atoms. The second-order valence-corrected chi connectivity index (χ2v) is 5.12. The Morgan fingerprint density at radius 2 is 2.00 bits per heavy atom. The molecule has 0 saturated heterocycles. The molecule has 21 heavy (non-hydrogen) atoms. The van der Waals surface area contributed by atoms with E-state index in [4.69, 9.17) is 10.9 Å². The molecule has 0 atom stereocenters. The molecule has 0 saturated carbocycles. The molecule has 0 aliphatic carbocycles. The zero-order valence-corrected chi connectivity index (χ0v) is 12.4. The maximum atomic E-state index is 13.2. The van der Waals surface area contributed by atoms with Crippen LogP contribution in [0.1, 0.15) is 11.1 Å². The van der Waals surface area contributed by atoms with Crippen molar-refractivity contribution in [2.24, 2.45) is 10.9 Å². The maximum absolute atomic E-state index is 13.2. The summed E-state index contributed by atoms with van der Waals surface area (Å²) in [6.07, 6.45) is 0. The molecule has 4 nitrogen and oxygen atoms in total. The molecule has 0 amide bonds. The smallest absolute Gasteiger partial charge is 0.170 e. The van der Waals surface area contributed by atoms with Crippen LogP contribution < -0.4 is 11.1 Å². The van der Waals surface area contributed by atoms with Gasteiger partial charge in [-0.3, -0.25) is 0 Å². The summed E-state index contributed by atoms with van der Waals surface area (Å²) in [5.74, 6) is -1.02. The molecule has 0 bridgehead atoms. The monoisotopic (exact) mass is 355 g/mol. The van der Waals surface area contributed by atoms with E-state index in [0.717, 1.165) is 0 Å². The third kappa shape index (κ3) is 3.69. The minimum absolute atomic E-state index is 0.174. The SMILES string of the molecule is N/C(=N/O)c1cc(F)ccc1CNc1ccc(F)c(Br)c1. The Hall–Kier alpha value is -2.15. The van der Waals surface area contributed by atoms with Crippen molar-refractivity contribution in [1.29, 1.82) is 0 Å². The van der Waals surface area contributed by atoms with Gasteiger partial charge < -0.3 is 16.3 Å². The molecule has 0 aromatic heterocycles. The molecule has 2 aromatic carbocycles. The Bertz CT molecular complexity index is 692. The highest BCUT2D eigenvalue weighted by Crippen LogP contribution is 2.21. The van der Waals surface area contributed by atoms with E-state index in [9.17, 15) is 8.78 Å². The summed E-state index contributed by atoms with van der Waals surface area (Å²) in [6, 6.07) is 8.49. The van der Waals surface area contributed by atoms with Gasteiger partial charge in [-0.2, -0.15) is 0 Å². The Balaban J connectivity index is 2.21. The first-order valence-corrected chi connectivity index (χ1v) is 6.76. The highest BCUT2D eigenvalue weighted by Gasteiger charge is 2.09. The van der Waals surface area contributed by atoms with Crippen LogP contribution in [-0.4, -0.2) is 11.0 Å². The van der Waals surface area contributed by atoms with Gasteiger partial charge in [0.15, 0.2) is 5.84 Å². The molecular formula is C14H12BrF2N3O. The van der Waals surface area contributed by atoms with Gasteiger partial charge in [0.05, 0.1) is 4.47 Å². The highest BCUT2D eigenvalue weighted by molar-refractivity contribution is 9.10. The minimum Gasteiger partial charge on any atom is -0.409 e. The number of hydrogen-bond donors (Lipinski definition) is 3. The average Bonchev–Trinajstić information content (AvgIpc) is 2.48. The largest absolute Gasteiger partial charge is 0.409 e. The van der Waals surface area contributed by atoms with Crippen molar-refractivity contribution in [1.82, 2.24) is 0 Å². The molecule has 2 aromatic rings. The fraction of sp³-hybridized carbons (Fsp3) is 0.0714. The van der Waals surface area contributed by atoms with E-state index < -0.39 is 5.82 Å². The van der Waals surface area contributed by atoms with Crippen LogP contribution >= 0.6 is 15.9 Å². The van der Waals surface area contributed by atoms with Gasteiger partial charge in [0.1, 0.15) is 11.6 Å². The third-order valence-electron chi connectivity index (χ3n) is 2.86. The third-order valence-corrected chi connectivity index (χ3v) is 3.47. The second kappa shape index (κ2) is 6.53. The summed E-state index contributed by atoms with van der Waals surface area (Å²) in [4.78, 5) is 0. The van der Waals surface area contributed by atoms with Crippen molar-refractivity contribution in [3.63, 3.8) is 0 Å². The minimum atomic E-state index is -0.482. The van der Waals surface area contributed by atoms with E-state index >= 15 is 0 Å². The van der Waals surface area contributed by atoms with Gasteiger partial charge >= 0.3 is 0 Å². The maximum Gasteiger partial charge on any atom is 0.170 e. The van der Waals surface area contributed by atoms with Gasteiger partial charge in [0.2, 0.25) is 0 Å². The van der Waals surface area contributed by atoms with Crippen LogP contribution in [0.25, 0.3) is 0 Å². The molecule has 0 aliphatic rings. The standard InChI is InChI=1S/C14H12BrF2N3O/c15-12-6-10(3-4-13(12)17)19-7-8-1-2-9(16)5-11(8)14(18)20-21/h1-6,19,21H,7H2,(H2,18,20). The van der Waals surface area contributed by atoms with Crippen molar-refractivity contribution in [2.45, 2.75) is 6.54 Å². The predicted octanol–water partition coefficient (Wildman–Crippen LogP) is 3.43. The lowest BCUT2D eigenvalue weighted by molar-refractivity contribution is 0.318. The lowest BCUT2D eigenvalue weighted by atomic mass is 10.1. The molecule has 0 radical (unpaired) electrons. The molecular weight excluding hydrogens is 344 g/mol. The summed E-state index contributed by atoms with van der Waals surface area (Å²) in [6.45, 7) is 0.309. The number of anilines is 1. The molecule has 2 rings (SSSR count). The van der Waals surface area contributed by atoms with Gasteiger partial charge in [-0.1, -0.05) is 11.2 Å². The fourth-order valence-electron chi connectivity index (χ4n) is 1.80. The van der Waals surface area contributed by atoms with Gasteiger partial charge in [-0.25, -0.2) is 8.78 Å². The van der Waals surface area contributed by atoms with Crippen molar-refractivity contribution in [3.05, 3.63) is 63.6 Å². The Labute approximate surface area is 128 Å². The van der Waals surface area contributed by atoms with E-state index in [2.05, 4.69) is 26.4 Å². The number of benzene rings is 2. The second-order valence-electron chi connectivity index (χ2n) is 4.27. The first kappa shape index (κ1) is 15.2. The van der Waals surface area contributed by atoms with Crippen LogP contribution in [0.5, 0.6) is 0 Å². The number of amidine groups is 1. The van der Waals surface area contributed by atoms with Crippen molar-refractivity contribution in [2.75, 3.05) is 5.32 Å². The van der Waals surface area contributed by atoms with E-state index in [1.165, 1.54) is 24.3 Å². The molecule has 110 valence electrons. The molecule has 0 heterocycles. The van der Waals surface area contributed by atoms with Crippen LogP contribution in [0.3, 0.4) is 0 Å². The van der Waals surface area contributed by atoms with E-state index in [1.54, 1.807) is 12.1 Å². The summed E-state index contributed by atoms with van der Waals surface area (Å²) in [5.41, 5.74) is 7.15. The van der Waals surface area contributed by atoms with Gasteiger partial charge in [0.25, 0.3) is 0 Å². The van der Waals surface area contributed by atoms with Gasteiger partial charge in [-0.15, -0.1) is 0 Å². The van der Waals surface area contributed by atoms with Crippen molar-refractivity contribution < 1.29 is 14.0 Å². The number of halogens is 3. The van der Waals surface area contributed by atoms with E-state index in [0.29, 0.717) is 27.8 Å². The molecule has 0 unspecified atom stereocenters. The van der Waals surface area contributed by atoms with E-state index in [-0.39, 0.29) is 11.7 Å². The number of nitrogens with zero attached hydrogens (tertiary/aromatic N) is 1. The highest BCUT2D eigenvalue weighted by atomic mass is 79.9. The van der Waals surface area contributed by atoms with Crippen LogP contribution in [0, 0.1) is 11.6 Å². The number of nitrogens with two attached hydrogens (primary N) is 1. The summed E-state index contributed by atoms with van der Waals surface area (Å²) in [5, 5.41) is 14.7. The number of hydrogen-bond acceptors (Lipinski definition) is 3. The first-order chi connectivity index (χ1) is 10.0. The molecule has 4 N–H and O–H groups in total. The fourth-order valence-corrected chi connectivity index (χ4v) is 2.18. The van der Waals surface area contributed by atoms with Gasteiger partial charge in [-0.05, 0) is 51.8 Å². The zero-order valence-electron chi connectivity index (χ0n) is 10.8. The molecule has 0 aliphatic heterocycles. The zero-order chi connectivity index (χ0) is 15.4. The lowest BCUT2D eigenvalue weighted by Crippen LogP contribution is -2.17. The quantitative estimate of drug-likeness (QED) is 0.340. The number of oxime groups is 1. The topological polar surface area (TPSA) is 70.6 Å². The van der Waals surface area contributed by atoms with Crippen LogP contribution in [0.15, 0.2) is 46.0 Å². The Morgan fingerprint density at radius 1 is 1.24 bits per heavy atom. The first-order valence-electron chi connectivity index (χ1n) is 5.96. The summed E-state index contributed by atoms with van der Waals surface area (Å²) in [7, 11) is 0. The number of rotatable bonds is 4. The molecule has 7 heteroatoms. The van der Waals surface area contributed by atoms with Crippen LogP contribution in [0.2, 0.25) is 0 Å². The van der Waals surface area contributed by atoms with Crippen molar-refractivity contribution >= 4 is 27.5 Å². The predicted molar refractivity (Wildman–Crippen MR) is 80.3 cm³/mol. The Kier molecular flexibility index (Phi) is 4.74. The normalized spacial score (nSPS) is 11.5.